The van der Waals surface area contributed by atoms with Crippen LogP contribution in [0.1, 0.15) is 24.7 Å². The molecule has 8 heteroatoms. The van der Waals surface area contributed by atoms with Gasteiger partial charge in [-0.3, -0.25) is 5.10 Å². The average Bonchev–Trinajstić information content (AvgIpc) is 2.70. The van der Waals surface area contributed by atoms with E-state index in [9.17, 15) is 8.42 Å². The van der Waals surface area contributed by atoms with Crippen LogP contribution in [0, 0.1) is 6.92 Å². The Morgan fingerprint density at radius 3 is 2.72 bits per heavy atom. The molecule has 6 nitrogen and oxygen atoms in total. The molecule has 0 amide bonds. The van der Waals surface area contributed by atoms with Gasteiger partial charge in [0.15, 0.2) is 0 Å². The lowest BCUT2D eigenvalue weighted by Crippen LogP contribution is -2.36. The molecule has 1 aromatic rings. The molecule has 0 bridgehead atoms. The summed E-state index contributed by atoms with van der Waals surface area (Å²) in [4.78, 5) is 0.0598. The molecule has 1 unspecified atom stereocenters. The molecule has 104 valence electrons. The number of H-pyrrole nitrogens is 1. The zero-order chi connectivity index (χ0) is 13.8. The van der Waals surface area contributed by atoms with E-state index in [4.69, 9.17) is 5.11 Å². The standard InChI is InChI=1S/C10H19N3O3S2/c1-4-8(6-17-3)13-18(15,16)10-7(2)11-12-9(10)5-14/h8,13-14H,4-6H2,1-3H3,(H,11,12). The third-order valence-electron chi connectivity index (χ3n) is 2.56. The minimum Gasteiger partial charge on any atom is -0.390 e. The van der Waals surface area contributed by atoms with Crippen LogP contribution < -0.4 is 4.72 Å². The first kappa shape index (κ1) is 15.5. The first-order chi connectivity index (χ1) is 8.46. The Morgan fingerprint density at radius 2 is 2.22 bits per heavy atom. The number of aromatic amines is 1. The summed E-state index contributed by atoms with van der Waals surface area (Å²) in [6, 6.07) is -0.120. The summed E-state index contributed by atoms with van der Waals surface area (Å²) < 4.78 is 27.1. The Hall–Kier alpha value is -0.570. The zero-order valence-electron chi connectivity index (χ0n) is 10.7. The molecular formula is C10H19N3O3S2. The summed E-state index contributed by atoms with van der Waals surface area (Å²) in [5, 5.41) is 15.5. The van der Waals surface area contributed by atoms with Gasteiger partial charge < -0.3 is 5.11 Å². The number of aromatic nitrogens is 2. The second kappa shape index (κ2) is 6.55. The fourth-order valence-corrected chi connectivity index (χ4v) is 4.15. The molecule has 18 heavy (non-hydrogen) atoms. The third kappa shape index (κ3) is 3.47. The van der Waals surface area contributed by atoms with E-state index in [1.165, 1.54) is 0 Å². The molecule has 1 atom stereocenters. The Morgan fingerprint density at radius 1 is 1.56 bits per heavy atom. The molecule has 1 heterocycles. The molecule has 0 spiro atoms. The van der Waals surface area contributed by atoms with Crippen molar-refractivity contribution in [1.29, 1.82) is 0 Å². The number of aliphatic hydroxyl groups is 1. The first-order valence-corrected chi connectivity index (χ1v) is 8.49. The van der Waals surface area contributed by atoms with Crippen molar-refractivity contribution in [3.63, 3.8) is 0 Å². The van der Waals surface area contributed by atoms with E-state index in [1.54, 1.807) is 18.7 Å². The van der Waals surface area contributed by atoms with Gasteiger partial charge in [-0.15, -0.1) is 0 Å². The van der Waals surface area contributed by atoms with Crippen LogP contribution in [-0.2, 0) is 16.6 Å². The molecule has 0 aliphatic heterocycles. The highest BCUT2D eigenvalue weighted by molar-refractivity contribution is 7.98. The molecular weight excluding hydrogens is 274 g/mol. The van der Waals surface area contributed by atoms with Gasteiger partial charge in [-0.05, 0) is 19.6 Å². The second-order valence-electron chi connectivity index (χ2n) is 3.96. The molecule has 3 N–H and O–H groups in total. The van der Waals surface area contributed by atoms with Gasteiger partial charge in [-0.2, -0.15) is 16.9 Å². The van der Waals surface area contributed by atoms with Crippen LogP contribution in [0.15, 0.2) is 4.90 Å². The lowest BCUT2D eigenvalue weighted by Gasteiger charge is -2.16. The summed E-state index contributed by atoms with van der Waals surface area (Å²) >= 11 is 1.59. The fraction of sp³-hybridized carbons (Fsp3) is 0.700. The Bertz CT molecular complexity index is 485. The molecule has 0 aliphatic carbocycles. The predicted molar refractivity (Wildman–Crippen MR) is 72.0 cm³/mol. The monoisotopic (exact) mass is 293 g/mol. The van der Waals surface area contributed by atoms with Crippen LogP contribution in [0.3, 0.4) is 0 Å². The van der Waals surface area contributed by atoms with E-state index in [0.29, 0.717) is 17.9 Å². The van der Waals surface area contributed by atoms with Crippen molar-refractivity contribution in [2.24, 2.45) is 0 Å². The summed E-state index contributed by atoms with van der Waals surface area (Å²) in [5.41, 5.74) is 0.588. The van der Waals surface area contributed by atoms with Crippen molar-refractivity contribution in [2.45, 2.75) is 37.8 Å². The van der Waals surface area contributed by atoms with Crippen molar-refractivity contribution in [1.82, 2.24) is 14.9 Å². The maximum atomic E-state index is 12.2. The van der Waals surface area contributed by atoms with E-state index < -0.39 is 16.6 Å². The van der Waals surface area contributed by atoms with Gasteiger partial charge in [0.05, 0.1) is 12.3 Å². The fourth-order valence-electron chi connectivity index (χ4n) is 1.65. The zero-order valence-corrected chi connectivity index (χ0v) is 12.4. The van der Waals surface area contributed by atoms with E-state index in [0.717, 1.165) is 0 Å². The molecule has 0 radical (unpaired) electrons. The number of aliphatic hydroxyl groups excluding tert-OH is 1. The van der Waals surface area contributed by atoms with E-state index in [-0.39, 0.29) is 16.6 Å². The quantitative estimate of drug-likeness (QED) is 0.685. The topological polar surface area (TPSA) is 95.1 Å². The van der Waals surface area contributed by atoms with Gasteiger partial charge in [-0.1, -0.05) is 6.92 Å². The highest BCUT2D eigenvalue weighted by Gasteiger charge is 2.26. The van der Waals surface area contributed by atoms with Crippen molar-refractivity contribution < 1.29 is 13.5 Å². The van der Waals surface area contributed by atoms with Crippen molar-refractivity contribution in [2.75, 3.05) is 12.0 Å². The molecule has 0 aromatic carbocycles. The molecule has 0 aliphatic rings. The van der Waals surface area contributed by atoms with Crippen LogP contribution >= 0.6 is 11.8 Å². The van der Waals surface area contributed by atoms with Crippen LogP contribution in [0.5, 0.6) is 0 Å². The van der Waals surface area contributed by atoms with Gasteiger partial charge >= 0.3 is 0 Å². The lowest BCUT2D eigenvalue weighted by atomic mass is 10.3. The summed E-state index contributed by atoms with van der Waals surface area (Å²) in [5.74, 6) is 0.709. The predicted octanol–water partition coefficient (Wildman–Crippen LogP) is 0.630. The van der Waals surface area contributed by atoms with Crippen molar-refractivity contribution in [3.8, 4) is 0 Å². The molecule has 1 aromatic heterocycles. The van der Waals surface area contributed by atoms with E-state index in [1.807, 2.05) is 13.2 Å². The van der Waals surface area contributed by atoms with Gasteiger partial charge in [0.2, 0.25) is 10.0 Å². The van der Waals surface area contributed by atoms with Crippen molar-refractivity contribution in [3.05, 3.63) is 11.4 Å². The number of rotatable bonds is 7. The minimum atomic E-state index is -3.64. The third-order valence-corrected chi connectivity index (χ3v) is 5.02. The minimum absolute atomic E-state index is 0.0598. The summed E-state index contributed by atoms with van der Waals surface area (Å²) in [7, 11) is -3.64. The lowest BCUT2D eigenvalue weighted by molar-refractivity contribution is 0.273. The summed E-state index contributed by atoms with van der Waals surface area (Å²) in [6.07, 6.45) is 2.64. The molecule has 0 saturated carbocycles. The molecule has 0 saturated heterocycles. The molecule has 0 fully saturated rings. The highest BCUT2D eigenvalue weighted by atomic mass is 32.2. The normalized spacial score (nSPS) is 13.8. The maximum Gasteiger partial charge on any atom is 0.244 e. The van der Waals surface area contributed by atoms with Gasteiger partial charge in [0.25, 0.3) is 0 Å². The Labute approximate surface area is 112 Å². The average molecular weight is 293 g/mol. The number of thioether (sulfide) groups is 1. The highest BCUT2D eigenvalue weighted by Crippen LogP contribution is 2.18. The van der Waals surface area contributed by atoms with E-state index >= 15 is 0 Å². The number of nitrogens with one attached hydrogen (secondary N) is 2. The second-order valence-corrected chi connectivity index (χ2v) is 6.53. The van der Waals surface area contributed by atoms with Crippen LogP contribution in [-0.4, -0.2) is 41.8 Å². The number of hydrogen-bond donors (Lipinski definition) is 3. The Kier molecular flexibility index (Phi) is 5.64. The number of sulfonamides is 1. The van der Waals surface area contributed by atoms with Crippen LogP contribution in [0.4, 0.5) is 0 Å². The SMILES string of the molecule is CCC(CSC)NS(=O)(=O)c1c(CO)n[nH]c1C. The largest absolute Gasteiger partial charge is 0.390 e. The number of hydrogen-bond acceptors (Lipinski definition) is 5. The van der Waals surface area contributed by atoms with Gasteiger partial charge in [-0.25, -0.2) is 13.1 Å². The summed E-state index contributed by atoms with van der Waals surface area (Å²) in [6.45, 7) is 3.15. The Balaban J connectivity index is 3.02. The van der Waals surface area contributed by atoms with Gasteiger partial charge in [0, 0.05) is 11.8 Å². The molecule has 1 rings (SSSR count). The number of aryl methyl sites for hydroxylation is 1. The number of nitrogens with zero attached hydrogens (tertiary/aromatic N) is 1. The first-order valence-electron chi connectivity index (χ1n) is 5.62. The van der Waals surface area contributed by atoms with Crippen molar-refractivity contribution >= 4 is 21.8 Å². The van der Waals surface area contributed by atoms with Crippen LogP contribution in [0.25, 0.3) is 0 Å². The smallest absolute Gasteiger partial charge is 0.244 e. The van der Waals surface area contributed by atoms with E-state index in [2.05, 4.69) is 14.9 Å². The van der Waals surface area contributed by atoms with Crippen LogP contribution in [0.2, 0.25) is 0 Å². The maximum absolute atomic E-state index is 12.2. The van der Waals surface area contributed by atoms with Gasteiger partial charge in [0.1, 0.15) is 10.6 Å².